The van der Waals surface area contributed by atoms with Gasteiger partial charge in [-0.15, -0.1) is 0 Å². The minimum atomic E-state index is 0.197. The third-order valence-electron chi connectivity index (χ3n) is 7.22. The standard InChI is InChI=1S/C20H36N4O/c1-20(2)17(16-9-11-25-18(16)20)23-19(21-3)22-15-8-10-24(13-15)12-14-6-4-5-7-14/h14-18H,4-13H2,1-3H3,(H2,21,22,23). The van der Waals surface area contributed by atoms with Crippen LogP contribution in [0.1, 0.15) is 52.4 Å². The second kappa shape index (κ2) is 7.07. The normalized spacial score (nSPS) is 38.6. The van der Waals surface area contributed by atoms with Crippen molar-refractivity contribution in [3.05, 3.63) is 0 Å². The van der Waals surface area contributed by atoms with E-state index in [0.717, 1.165) is 18.5 Å². The van der Waals surface area contributed by atoms with Gasteiger partial charge in [-0.3, -0.25) is 4.99 Å². The first-order valence-electron chi connectivity index (χ1n) is 10.4. The molecule has 4 aliphatic rings. The molecule has 0 spiro atoms. The van der Waals surface area contributed by atoms with E-state index in [9.17, 15) is 0 Å². The smallest absolute Gasteiger partial charge is 0.191 e. The van der Waals surface area contributed by atoms with Gasteiger partial charge in [-0.2, -0.15) is 0 Å². The molecule has 0 aromatic rings. The van der Waals surface area contributed by atoms with E-state index in [1.54, 1.807) is 0 Å². The summed E-state index contributed by atoms with van der Waals surface area (Å²) in [5.74, 6) is 2.58. The van der Waals surface area contributed by atoms with E-state index in [0.29, 0.717) is 24.1 Å². The molecule has 0 bridgehead atoms. The predicted molar refractivity (Wildman–Crippen MR) is 102 cm³/mol. The van der Waals surface area contributed by atoms with Gasteiger partial charge in [-0.05, 0) is 31.6 Å². The van der Waals surface area contributed by atoms with Gasteiger partial charge in [-0.25, -0.2) is 0 Å². The van der Waals surface area contributed by atoms with E-state index < -0.39 is 0 Å². The van der Waals surface area contributed by atoms with Crippen LogP contribution < -0.4 is 10.6 Å². The Morgan fingerprint density at radius 2 is 1.96 bits per heavy atom. The molecule has 4 rings (SSSR count). The molecule has 2 saturated heterocycles. The van der Waals surface area contributed by atoms with Crippen molar-refractivity contribution in [3.63, 3.8) is 0 Å². The maximum Gasteiger partial charge on any atom is 0.191 e. The highest BCUT2D eigenvalue weighted by molar-refractivity contribution is 5.80. The largest absolute Gasteiger partial charge is 0.377 e. The predicted octanol–water partition coefficient (Wildman–Crippen LogP) is 2.23. The van der Waals surface area contributed by atoms with Gasteiger partial charge in [0.05, 0.1) is 6.10 Å². The molecule has 0 aromatic heterocycles. The number of ether oxygens (including phenoxy) is 1. The van der Waals surface area contributed by atoms with Crippen molar-refractivity contribution >= 4 is 5.96 Å². The van der Waals surface area contributed by atoms with E-state index >= 15 is 0 Å². The lowest BCUT2D eigenvalue weighted by molar-refractivity contribution is -0.106. The van der Waals surface area contributed by atoms with Crippen LogP contribution in [0.4, 0.5) is 0 Å². The van der Waals surface area contributed by atoms with Crippen LogP contribution in [0.15, 0.2) is 4.99 Å². The Labute approximate surface area is 153 Å². The number of nitrogens with zero attached hydrogens (tertiary/aromatic N) is 2. The maximum absolute atomic E-state index is 5.92. The van der Waals surface area contributed by atoms with E-state index in [2.05, 4.69) is 34.4 Å². The molecular formula is C20H36N4O. The number of nitrogens with one attached hydrogen (secondary N) is 2. The summed E-state index contributed by atoms with van der Waals surface area (Å²) in [6.07, 6.45) is 8.62. The lowest BCUT2D eigenvalue weighted by Gasteiger charge is -2.55. The number of guanidine groups is 1. The molecule has 2 aliphatic heterocycles. The highest BCUT2D eigenvalue weighted by atomic mass is 16.5. The molecule has 5 heteroatoms. The summed E-state index contributed by atoms with van der Waals surface area (Å²) in [5, 5.41) is 7.41. The highest BCUT2D eigenvalue weighted by Gasteiger charge is 2.59. The van der Waals surface area contributed by atoms with Gasteiger partial charge < -0.3 is 20.3 Å². The molecular weight excluding hydrogens is 312 g/mol. The van der Waals surface area contributed by atoms with Crippen molar-refractivity contribution in [2.24, 2.45) is 22.2 Å². The Kier molecular flexibility index (Phi) is 4.98. The highest BCUT2D eigenvalue weighted by Crippen LogP contribution is 2.52. The molecule has 25 heavy (non-hydrogen) atoms. The minimum absolute atomic E-state index is 0.197. The van der Waals surface area contributed by atoms with Crippen molar-refractivity contribution in [1.82, 2.24) is 15.5 Å². The van der Waals surface area contributed by atoms with Crippen LogP contribution >= 0.6 is 0 Å². The van der Waals surface area contributed by atoms with Gasteiger partial charge in [0, 0.05) is 56.7 Å². The number of hydrogen-bond acceptors (Lipinski definition) is 3. The van der Waals surface area contributed by atoms with Crippen LogP contribution in [0.25, 0.3) is 0 Å². The molecule has 142 valence electrons. The average Bonchev–Trinajstić information content (AvgIpc) is 3.33. The fraction of sp³-hybridized carbons (Fsp3) is 0.950. The zero-order chi connectivity index (χ0) is 17.4. The summed E-state index contributed by atoms with van der Waals surface area (Å²) >= 11 is 0. The van der Waals surface area contributed by atoms with E-state index in [1.807, 2.05) is 7.05 Å². The summed E-state index contributed by atoms with van der Waals surface area (Å²) in [6, 6.07) is 1.01. The fourth-order valence-corrected chi connectivity index (χ4v) is 5.80. The van der Waals surface area contributed by atoms with E-state index in [4.69, 9.17) is 4.74 Å². The monoisotopic (exact) mass is 348 g/mol. The Hall–Kier alpha value is -0.810. The number of hydrogen-bond donors (Lipinski definition) is 2. The SMILES string of the molecule is CN=C(NC1CCN(CC2CCCC2)C1)NC1C2CCOC2C1(C)C. The van der Waals surface area contributed by atoms with Gasteiger partial charge in [0.15, 0.2) is 5.96 Å². The van der Waals surface area contributed by atoms with Gasteiger partial charge in [-0.1, -0.05) is 26.7 Å². The maximum atomic E-state index is 5.92. The minimum Gasteiger partial charge on any atom is -0.377 e. The van der Waals surface area contributed by atoms with Crippen LogP contribution in [0.2, 0.25) is 0 Å². The topological polar surface area (TPSA) is 48.9 Å². The first-order chi connectivity index (χ1) is 12.1. The third kappa shape index (κ3) is 3.42. The van der Waals surface area contributed by atoms with Gasteiger partial charge >= 0.3 is 0 Å². The number of fused-ring (bicyclic) bond motifs is 1. The molecule has 4 fully saturated rings. The first-order valence-corrected chi connectivity index (χ1v) is 10.4. The van der Waals surface area contributed by atoms with E-state index in [-0.39, 0.29) is 5.41 Å². The lowest BCUT2D eigenvalue weighted by Crippen LogP contribution is -2.68. The van der Waals surface area contributed by atoms with Crippen LogP contribution in [-0.2, 0) is 4.74 Å². The molecule has 2 N–H and O–H groups in total. The van der Waals surface area contributed by atoms with Crippen molar-refractivity contribution in [1.29, 1.82) is 0 Å². The molecule has 4 atom stereocenters. The van der Waals surface area contributed by atoms with E-state index in [1.165, 1.54) is 58.2 Å². The second-order valence-electron chi connectivity index (χ2n) is 9.30. The molecule has 2 heterocycles. The Bertz CT molecular complexity index is 500. The number of aliphatic imine (C=N–C) groups is 1. The summed E-state index contributed by atoms with van der Waals surface area (Å²) in [6.45, 7) is 9.27. The molecule has 4 unspecified atom stereocenters. The molecule has 0 radical (unpaired) electrons. The van der Waals surface area contributed by atoms with Gasteiger partial charge in [0.2, 0.25) is 0 Å². The zero-order valence-corrected chi connectivity index (χ0v) is 16.3. The summed E-state index contributed by atoms with van der Waals surface area (Å²) in [4.78, 5) is 7.18. The van der Waals surface area contributed by atoms with Crippen LogP contribution in [0.3, 0.4) is 0 Å². The summed E-state index contributed by atoms with van der Waals surface area (Å²) in [5.41, 5.74) is 0.197. The number of rotatable bonds is 4. The van der Waals surface area contributed by atoms with Crippen molar-refractivity contribution in [3.8, 4) is 0 Å². The van der Waals surface area contributed by atoms with Gasteiger partial charge in [0.1, 0.15) is 0 Å². The molecule has 0 aromatic carbocycles. The first kappa shape index (κ1) is 17.6. The van der Waals surface area contributed by atoms with Crippen LogP contribution in [-0.4, -0.2) is 62.3 Å². The van der Waals surface area contributed by atoms with Crippen LogP contribution in [0, 0.1) is 17.3 Å². The lowest BCUT2D eigenvalue weighted by atomic mass is 9.57. The molecule has 2 aliphatic carbocycles. The third-order valence-corrected chi connectivity index (χ3v) is 7.22. The average molecular weight is 349 g/mol. The van der Waals surface area contributed by atoms with Crippen LogP contribution in [0.5, 0.6) is 0 Å². The summed E-state index contributed by atoms with van der Waals surface area (Å²) in [7, 11) is 1.90. The second-order valence-corrected chi connectivity index (χ2v) is 9.30. The Morgan fingerprint density at radius 3 is 2.72 bits per heavy atom. The zero-order valence-electron chi connectivity index (χ0n) is 16.3. The molecule has 2 saturated carbocycles. The van der Waals surface area contributed by atoms with Crippen molar-refractivity contribution in [2.75, 3.05) is 33.3 Å². The number of likely N-dealkylation sites (tertiary alicyclic amines) is 1. The molecule has 0 amide bonds. The van der Waals surface area contributed by atoms with Crippen molar-refractivity contribution in [2.45, 2.75) is 70.6 Å². The van der Waals surface area contributed by atoms with Gasteiger partial charge in [0.25, 0.3) is 0 Å². The fourth-order valence-electron chi connectivity index (χ4n) is 5.80. The van der Waals surface area contributed by atoms with Crippen molar-refractivity contribution < 1.29 is 4.74 Å². The summed E-state index contributed by atoms with van der Waals surface area (Å²) < 4.78 is 5.92. The Balaban J connectivity index is 1.27. The Morgan fingerprint density at radius 1 is 1.16 bits per heavy atom. The molecule has 5 nitrogen and oxygen atoms in total. The quantitative estimate of drug-likeness (QED) is 0.604.